The molecule has 33 heavy (non-hydrogen) atoms. The van der Waals surface area contributed by atoms with Gasteiger partial charge in [-0.15, -0.1) is 0 Å². The Kier molecular flexibility index (Phi) is 7.32. The molecule has 3 aromatic rings. The Morgan fingerprint density at radius 2 is 1.61 bits per heavy atom. The Bertz CT molecular complexity index is 1150. The molecule has 1 aliphatic rings. The van der Waals surface area contributed by atoms with E-state index in [0.717, 1.165) is 22.9 Å². The summed E-state index contributed by atoms with van der Waals surface area (Å²) in [7, 11) is 1.56. The minimum atomic E-state index is -0.329. The van der Waals surface area contributed by atoms with E-state index in [-0.39, 0.29) is 24.3 Å². The van der Waals surface area contributed by atoms with E-state index in [1.165, 1.54) is 4.90 Å². The van der Waals surface area contributed by atoms with Crippen LogP contribution in [0.5, 0.6) is 17.2 Å². The number of rotatable bonds is 9. The number of hydrogen-bond donors (Lipinski definition) is 0. The molecule has 3 aromatic carbocycles. The monoisotopic (exact) mass is 461 g/mol. The maximum atomic E-state index is 12.7. The minimum Gasteiger partial charge on any atom is -0.493 e. The summed E-state index contributed by atoms with van der Waals surface area (Å²) in [6, 6.07) is 24.5. The SMILES string of the molecule is COc1cc(/C=C2\SC(=O)N(CCOc3ccccc3)C2=O)ccc1OCc1ccccc1. The van der Waals surface area contributed by atoms with Crippen molar-refractivity contribution in [1.29, 1.82) is 0 Å². The van der Waals surface area contributed by atoms with Crippen LogP contribution in [0.2, 0.25) is 0 Å². The van der Waals surface area contributed by atoms with Crippen LogP contribution < -0.4 is 14.2 Å². The van der Waals surface area contributed by atoms with E-state index in [4.69, 9.17) is 14.2 Å². The van der Waals surface area contributed by atoms with Gasteiger partial charge in [-0.25, -0.2) is 0 Å². The topological polar surface area (TPSA) is 65.1 Å². The van der Waals surface area contributed by atoms with Crippen LogP contribution in [0.4, 0.5) is 4.79 Å². The molecule has 1 aliphatic heterocycles. The van der Waals surface area contributed by atoms with E-state index >= 15 is 0 Å². The number of benzene rings is 3. The maximum absolute atomic E-state index is 12.7. The average Bonchev–Trinajstić information content (AvgIpc) is 3.11. The van der Waals surface area contributed by atoms with Gasteiger partial charge >= 0.3 is 0 Å². The van der Waals surface area contributed by atoms with Gasteiger partial charge in [-0.05, 0) is 53.2 Å². The Morgan fingerprint density at radius 1 is 0.879 bits per heavy atom. The fourth-order valence-corrected chi connectivity index (χ4v) is 4.11. The first-order valence-corrected chi connectivity index (χ1v) is 11.2. The third-order valence-corrected chi connectivity index (χ3v) is 5.83. The van der Waals surface area contributed by atoms with Crippen LogP contribution in [0.3, 0.4) is 0 Å². The van der Waals surface area contributed by atoms with Crippen molar-refractivity contribution in [3.8, 4) is 17.2 Å². The van der Waals surface area contributed by atoms with Crippen molar-refractivity contribution in [2.45, 2.75) is 6.61 Å². The second-order valence-corrected chi connectivity index (χ2v) is 8.17. The van der Waals surface area contributed by atoms with Crippen molar-refractivity contribution in [3.63, 3.8) is 0 Å². The van der Waals surface area contributed by atoms with Gasteiger partial charge in [-0.1, -0.05) is 54.6 Å². The highest BCUT2D eigenvalue weighted by Crippen LogP contribution is 2.34. The summed E-state index contributed by atoms with van der Waals surface area (Å²) in [4.78, 5) is 26.7. The number of ether oxygens (including phenoxy) is 3. The number of amides is 2. The van der Waals surface area contributed by atoms with Gasteiger partial charge in [0.25, 0.3) is 11.1 Å². The summed E-state index contributed by atoms with van der Waals surface area (Å²) in [5, 5.41) is -0.308. The van der Waals surface area contributed by atoms with Crippen LogP contribution in [-0.2, 0) is 11.4 Å². The Labute approximate surface area is 196 Å². The van der Waals surface area contributed by atoms with E-state index in [9.17, 15) is 9.59 Å². The summed E-state index contributed by atoms with van der Waals surface area (Å²) < 4.78 is 17.0. The van der Waals surface area contributed by atoms with Crippen molar-refractivity contribution in [3.05, 3.63) is 94.9 Å². The summed E-state index contributed by atoms with van der Waals surface area (Å²) in [5.74, 6) is 1.52. The smallest absolute Gasteiger partial charge is 0.293 e. The number of hydrogen-bond acceptors (Lipinski definition) is 6. The van der Waals surface area contributed by atoms with E-state index in [1.807, 2.05) is 66.7 Å². The molecule has 2 amide bonds. The normalized spacial score (nSPS) is 14.6. The summed E-state index contributed by atoms with van der Waals surface area (Å²) in [5.41, 5.74) is 1.79. The lowest BCUT2D eigenvalue weighted by molar-refractivity contribution is -0.123. The molecule has 4 rings (SSSR count). The second kappa shape index (κ2) is 10.7. The van der Waals surface area contributed by atoms with Crippen LogP contribution in [-0.4, -0.2) is 36.3 Å². The van der Waals surface area contributed by atoms with Gasteiger partial charge in [0.2, 0.25) is 0 Å². The summed E-state index contributed by atoms with van der Waals surface area (Å²) in [6.07, 6.45) is 1.69. The highest BCUT2D eigenvalue weighted by Gasteiger charge is 2.34. The summed E-state index contributed by atoms with van der Waals surface area (Å²) in [6.45, 7) is 0.837. The standard InChI is InChI=1S/C26H23NO5S/c1-30-23-16-20(12-13-22(23)32-18-19-8-4-2-5-9-19)17-24-25(28)27(26(29)33-24)14-15-31-21-10-6-3-7-11-21/h2-13,16-17H,14-15,18H2,1H3/b24-17-. The molecule has 0 atom stereocenters. The zero-order valence-corrected chi connectivity index (χ0v) is 18.9. The number of imide groups is 1. The van der Waals surface area contributed by atoms with Gasteiger partial charge in [0.1, 0.15) is 19.0 Å². The number of nitrogens with zero attached hydrogens (tertiary/aromatic N) is 1. The zero-order valence-electron chi connectivity index (χ0n) is 18.1. The fourth-order valence-electron chi connectivity index (χ4n) is 3.24. The van der Waals surface area contributed by atoms with Crippen molar-refractivity contribution in [2.24, 2.45) is 0 Å². The minimum absolute atomic E-state index is 0.187. The van der Waals surface area contributed by atoms with Gasteiger partial charge in [0.05, 0.1) is 18.6 Å². The van der Waals surface area contributed by atoms with Gasteiger partial charge in [0, 0.05) is 0 Å². The van der Waals surface area contributed by atoms with Crippen molar-refractivity contribution in [1.82, 2.24) is 4.90 Å². The molecule has 1 heterocycles. The van der Waals surface area contributed by atoms with Crippen LogP contribution in [0.25, 0.3) is 6.08 Å². The molecule has 0 unspecified atom stereocenters. The van der Waals surface area contributed by atoms with Crippen molar-refractivity contribution >= 4 is 29.0 Å². The molecular weight excluding hydrogens is 438 g/mol. The molecule has 0 aromatic heterocycles. The van der Waals surface area contributed by atoms with Gasteiger partial charge in [-0.3, -0.25) is 14.5 Å². The number of para-hydroxylation sites is 1. The zero-order chi connectivity index (χ0) is 23.0. The predicted molar refractivity (Wildman–Crippen MR) is 128 cm³/mol. The third-order valence-electron chi connectivity index (χ3n) is 4.92. The molecule has 0 radical (unpaired) electrons. The molecule has 0 saturated carbocycles. The number of carbonyl (C=O) groups is 2. The van der Waals surface area contributed by atoms with Crippen molar-refractivity contribution in [2.75, 3.05) is 20.3 Å². The Morgan fingerprint density at radius 3 is 2.33 bits per heavy atom. The lowest BCUT2D eigenvalue weighted by Gasteiger charge is -2.13. The molecular formula is C26H23NO5S. The van der Waals surface area contributed by atoms with Crippen LogP contribution in [0.15, 0.2) is 83.8 Å². The molecule has 0 bridgehead atoms. The van der Waals surface area contributed by atoms with Crippen LogP contribution >= 0.6 is 11.8 Å². The first-order valence-electron chi connectivity index (χ1n) is 10.4. The number of thioether (sulfide) groups is 1. The van der Waals surface area contributed by atoms with Gasteiger partial charge < -0.3 is 14.2 Å². The third kappa shape index (κ3) is 5.75. The average molecular weight is 462 g/mol. The summed E-state index contributed by atoms with van der Waals surface area (Å²) >= 11 is 0.919. The Balaban J connectivity index is 1.40. The van der Waals surface area contributed by atoms with E-state index < -0.39 is 0 Å². The molecule has 7 heteroatoms. The number of methoxy groups -OCH3 is 1. The van der Waals surface area contributed by atoms with Crippen LogP contribution in [0, 0.1) is 0 Å². The first-order chi connectivity index (χ1) is 16.1. The quantitative estimate of drug-likeness (QED) is 0.398. The van der Waals surface area contributed by atoms with Gasteiger partial charge in [0.15, 0.2) is 11.5 Å². The Hall–Kier alpha value is -3.71. The molecule has 0 aliphatic carbocycles. The van der Waals surface area contributed by atoms with Gasteiger partial charge in [-0.2, -0.15) is 0 Å². The molecule has 0 spiro atoms. The molecule has 0 N–H and O–H groups in total. The largest absolute Gasteiger partial charge is 0.493 e. The first kappa shape index (κ1) is 22.5. The van der Waals surface area contributed by atoms with Crippen molar-refractivity contribution < 1.29 is 23.8 Å². The predicted octanol–water partition coefficient (Wildman–Crippen LogP) is 5.39. The van der Waals surface area contributed by atoms with E-state index in [2.05, 4.69) is 0 Å². The van der Waals surface area contributed by atoms with E-state index in [0.29, 0.717) is 28.8 Å². The van der Waals surface area contributed by atoms with Crippen LogP contribution in [0.1, 0.15) is 11.1 Å². The number of carbonyl (C=O) groups excluding carboxylic acids is 2. The molecule has 1 fully saturated rings. The maximum Gasteiger partial charge on any atom is 0.293 e. The lowest BCUT2D eigenvalue weighted by atomic mass is 10.1. The second-order valence-electron chi connectivity index (χ2n) is 7.18. The fraction of sp³-hybridized carbons (Fsp3) is 0.154. The lowest BCUT2D eigenvalue weighted by Crippen LogP contribution is -2.32. The molecule has 168 valence electrons. The molecule has 6 nitrogen and oxygen atoms in total. The highest BCUT2D eigenvalue weighted by molar-refractivity contribution is 8.18. The molecule has 1 saturated heterocycles. The van der Waals surface area contributed by atoms with E-state index in [1.54, 1.807) is 25.3 Å². The highest BCUT2D eigenvalue weighted by atomic mass is 32.2.